The minimum absolute atomic E-state index is 0.0290. The van der Waals surface area contributed by atoms with Gasteiger partial charge in [0.05, 0.1) is 12.6 Å². The fourth-order valence-corrected chi connectivity index (χ4v) is 2.96. The standard InChI is InChI=1S/C17H10F3NO6S/c1-24-9-6-7-12-13(8-9)26-14-10-4-2-3-5-11(10)21-16(15(14)25-12)27-28(22,23)17(18,19)20/h2-8H,1H3. The van der Waals surface area contributed by atoms with E-state index in [0.29, 0.717) is 11.1 Å². The largest absolute Gasteiger partial charge is 0.534 e. The normalized spacial score (nSPS) is 13.1. The Labute approximate surface area is 156 Å². The first-order valence-electron chi connectivity index (χ1n) is 7.67. The molecule has 146 valence electrons. The summed E-state index contributed by atoms with van der Waals surface area (Å²) in [4.78, 5) is 3.86. The van der Waals surface area contributed by atoms with Gasteiger partial charge in [0, 0.05) is 11.5 Å². The molecule has 0 unspecified atom stereocenters. The molecular weight excluding hydrogens is 403 g/mol. The van der Waals surface area contributed by atoms with Gasteiger partial charge in [0.1, 0.15) is 5.75 Å². The second kappa shape index (κ2) is 6.16. The molecule has 0 bridgehead atoms. The Kier molecular flexibility index (Phi) is 4.00. The number of fused-ring (bicyclic) bond motifs is 4. The quantitative estimate of drug-likeness (QED) is 0.364. The molecule has 4 rings (SSSR count). The highest BCUT2D eigenvalue weighted by atomic mass is 32.2. The maximum atomic E-state index is 12.8. The van der Waals surface area contributed by atoms with Crippen LogP contribution in [0.1, 0.15) is 0 Å². The van der Waals surface area contributed by atoms with E-state index >= 15 is 0 Å². The van der Waals surface area contributed by atoms with Crippen molar-refractivity contribution in [3.8, 4) is 34.6 Å². The first-order valence-corrected chi connectivity index (χ1v) is 9.07. The van der Waals surface area contributed by atoms with Gasteiger partial charge in [0.25, 0.3) is 5.88 Å². The summed E-state index contributed by atoms with van der Waals surface area (Å²) >= 11 is 0. The molecule has 1 aliphatic rings. The maximum Gasteiger partial charge on any atom is 0.534 e. The number of hydrogen-bond donors (Lipinski definition) is 0. The summed E-state index contributed by atoms with van der Waals surface area (Å²) in [7, 11) is -4.51. The lowest BCUT2D eigenvalue weighted by Gasteiger charge is -2.23. The third-order valence-electron chi connectivity index (χ3n) is 3.82. The van der Waals surface area contributed by atoms with Crippen LogP contribution in [0.3, 0.4) is 0 Å². The van der Waals surface area contributed by atoms with Gasteiger partial charge in [-0.05, 0) is 24.3 Å². The number of ether oxygens (including phenoxy) is 3. The van der Waals surface area contributed by atoms with Crippen molar-refractivity contribution < 1.29 is 40.0 Å². The lowest BCUT2D eigenvalue weighted by atomic mass is 10.1. The number of hydrogen-bond acceptors (Lipinski definition) is 7. The number of pyridine rings is 1. The third-order valence-corrected chi connectivity index (χ3v) is 4.76. The molecule has 3 aromatic rings. The van der Waals surface area contributed by atoms with E-state index in [2.05, 4.69) is 9.17 Å². The zero-order valence-corrected chi connectivity index (χ0v) is 14.8. The molecule has 0 amide bonds. The summed E-state index contributed by atoms with van der Waals surface area (Å²) in [6.45, 7) is 0. The van der Waals surface area contributed by atoms with Crippen molar-refractivity contribution in [1.82, 2.24) is 4.98 Å². The highest BCUT2D eigenvalue weighted by Crippen LogP contribution is 2.53. The molecule has 0 atom stereocenters. The number of nitrogens with zero attached hydrogens (tertiary/aromatic N) is 1. The fraction of sp³-hybridized carbons (Fsp3) is 0.118. The number of para-hydroxylation sites is 1. The summed E-state index contributed by atoms with van der Waals surface area (Å²) in [6, 6.07) is 10.8. The van der Waals surface area contributed by atoms with Crippen LogP contribution in [0.25, 0.3) is 10.9 Å². The minimum atomic E-state index is -5.96. The van der Waals surface area contributed by atoms with Gasteiger partial charge in [-0.1, -0.05) is 12.1 Å². The van der Waals surface area contributed by atoms with Crippen molar-refractivity contribution in [3.63, 3.8) is 0 Å². The number of benzene rings is 2. The molecule has 0 saturated carbocycles. The number of aromatic nitrogens is 1. The number of rotatable bonds is 3. The highest BCUT2D eigenvalue weighted by Gasteiger charge is 2.49. The van der Waals surface area contributed by atoms with Crippen molar-refractivity contribution in [2.75, 3.05) is 7.11 Å². The third kappa shape index (κ3) is 2.93. The predicted molar refractivity (Wildman–Crippen MR) is 90.5 cm³/mol. The van der Waals surface area contributed by atoms with Crippen LogP contribution in [0, 0.1) is 0 Å². The zero-order valence-electron chi connectivity index (χ0n) is 14.0. The van der Waals surface area contributed by atoms with E-state index in [1.807, 2.05) is 0 Å². The summed E-state index contributed by atoms with van der Waals surface area (Å²) in [5.74, 6) is -0.483. The Morgan fingerprint density at radius 2 is 1.71 bits per heavy atom. The van der Waals surface area contributed by atoms with Gasteiger partial charge in [-0.3, -0.25) is 0 Å². The Bertz CT molecular complexity index is 1190. The average molecular weight is 413 g/mol. The van der Waals surface area contributed by atoms with Gasteiger partial charge < -0.3 is 18.4 Å². The Morgan fingerprint density at radius 3 is 2.43 bits per heavy atom. The molecular formula is C17H10F3NO6S. The van der Waals surface area contributed by atoms with Crippen LogP contribution in [0.2, 0.25) is 0 Å². The number of alkyl halides is 3. The Morgan fingerprint density at radius 1 is 1.00 bits per heavy atom. The predicted octanol–water partition coefficient (Wildman–Crippen LogP) is 4.37. The molecule has 1 aromatic heterocycles. The van der Waals surface area contributed by atoms with Gasteiger partial charge in [-0.2, -0.15) is 21.6 Å². The molecule has 7 nitrogen and oxygen atoms in total. The van der Waals surface area contributed by atoms with Crippen LogP contribution in [0.4, 0.5) is 13.2 Å². The summed E-state index contributed by atoms with van der Waals surface area (Å²) in [6.07, 6.45) is 0. The van der Waals surface area contributed by atoms with Crippen molar-refractivity contribution in [2.24, 2.45) is 0 Å². The van der Waals surface area contributed by atoms with Crippen LogP contribution in [0.15, 0.2) is 42.5 Å². The molecule has 0 fully saturated rings. The van der Waals surface area contributed by atoms with E-state index in [1.165, 1.54) is 31.4 Å². The molecule has 1 aliphatic heterocycles. The number of halogens is 3. The van der Waals surface area contributed by atoms with Crippen LogP contribution in [0.5, 0.6) is 34.6 Å². The molecule has 0 saturated heterocycles. The summed E-state index contributed by atoms with van der Waals surface area (Å²) < 4.78 is 81.9. The first-order chi connectivity index (χ1) is 13.2. The molecule has 2 aromatic carbocycles. The highest BCUT2D eigenvalue weighted by molar-refractivity contribution is 7.88. The fourth-order valence-electron chi connectivity index (χ4n) is 2.54. The van der Waals surface area contributed by atoms with Gasteiger partial charge in [0.2, 0.25) is 5.75 Å². The monoisotopic (exact) mass is 413 g/mol. The molecule has 0 spiro atoms. The Hall–Kier alpha value is -3.21. The van der Waals surface area contributed by atoms with Crippen molar-refractivity contribution in [2.45, 2.75) is 5.51 Å². The SMILES string of the molecule is COc1ccc2c(c1)Oc1c(c(OS(=O)(=O)C(F)(F)F)nc3ccccc13)O2. The van der Waals surface area contributed by atoms with Gasteiger partial charge in [-0.25, -0.2) is 4.98 Å². The second-order valence-corrected chi connectivity index (χ2v) is 7.13. The van der Waals surface area contributed by atoms with Crippen LogP contribution >= 0.6 is 0 Å². The molecule has 0 N–H and O–H groups in total. The van der Waals surface area contributed by atoms with Crippen LogP contribution in [-0.4, -0.2) is 26.0 Å². The van der Waals surface area contributed by atoms with Gasteiger partial charge in [-0.15, -0.1) is 0 Å². The minimum Gasteiger partial charge on any atom is -0.497 e. The second-order valence-electron chi connectivity index (χ2n) is 5.59. The van der Waals surface area contributed by atoms with Crippen LogP contribution < -0.4 is 18.4 Å². The Balaban J connectivity index is 1.90. The molecule has 2 heterocycles. The van der Waals surface area contributed by atoms with Crippen LogP contribution in [-0.2, 0) is 10.1 Å². The lowest BCUT2D eigenvalue weighted by molar-refractivity contribution is -0.0501. The zero-order chi connectivity index (χ0) is 20.1. The smallest absolute Gasteiger partial charge is 0.497 e. The van der Waals surface area contributed by atoms with E-state index < -0.39 is 21.5 Å². The lowest BCUT2D eigenvalue weighted by Crippen LogP contribution is -2.28. The van der Waals surface area contributed by atoms with E-state index in [0.717, 1.165) is 0 Å². The van der Waals surface area contributed by atoms with Crippen molar-refractivity contribution in [1.29, 1.82) is 0 Å². The van der Waals surface area contributed by atoms with Gasteiger partial charge in [0.15, 0.2) is 17.2 Å². The van der Waals surface area contributed by atoms with Gasteiger partial charge >= 0.3 is 15.6 Å². The van der Waals surface area contributed by atoms with E-state index in [9.17, 15) is 21.6 Å². The summed E-state index contributed by atoms with van der Waals surface area (Å²) in [5.41, 5.74) is -5.47. The van der Waals surface area contributed by atoms with E-state index in [4.69, 9.17) is 14.2 Å². The average Bonchev–Trinajstić information content (AvgIpc) is 2.65. The summed E-state index contributed by atoms with van der Waals surface area (Å²) in [5, 5.41) is 0.391. The van der Waals surface area contributed by atoms with Crippen molar-refractivity contribution in [3.05, 3.63) is 42.5 Å². The first kappa shape index (κ1) is 18.2. The topological polar surface area (TPSA) is 84.0 Å². The van der Waals surface area contributed by atoms with E-state index in [-0.39, 0.29) is 28.5 Å². The maximum absolute atomic E-state index is 12.8. The molecule has 0 aliphatic carbocycles. The molecule has 11 heteroatoms. The number of methoxy groups -OCH3 is 1. The van der Waals surface area contributed by atoms with E-state index in [1.54, 1.807) is 18.2 Å². The van der Waals surface area contributed by atoms with Crippen molar-refractivity contribution >= 4 is 21.0 Å². The molecule has 28 heavy (non-hydrogen) atoms. The molecule has 0 radical (unpaired) electrons.